The molecule has 3 rings (SSSR count). The number of aromatic nitrogens is 2. The highest BCUT2D eigenvalue weighted by atomic mass is 32.2. The van der Waals surface area contributed by atoms with Crippen molar-refractivity contribution < 1.29 is 22.4 Å². The van der Waals surface area contributed by atoms with Gasteiger partial charge < -0.3 is 9.15 Å². The first-order valence-electron chi connectivity index (χ1n) is 9.40. The van der Waals surface area contributed by atoms with Crippen molar-refractivity contribution in [2.75, 3.05) is 18.2 Å². The molecule has 158 valence electrons. The summed E-state index contributed by atoms with van der Waals surface area (Å²) in [6.45, 7) is 2.01. The maximum absolute atomic E-state index is 12.4. The van der Waals surface area contributed by atoms with E-state index in [9.17, 15) is 13.2 Å². The molecule has 1 heterocycles. The van der Waals surface area contributed by atoms with Crippen LogP contribution >= 0.6 is 0 Å². The Labute approximate surface area is 175 Å². The van der Waals surface area contributed by atoms with E-state index in [1.54, 1.807) is 12.1 Å². The van der Waals surface area contributed by atoms with Gasteiger partial charge in [0.05, 0.1) is 24.2 Å². The minimum Gasteiger partial charge on any atom is -0.497 e. The molecule has 1 N–H and O–H groups in total. The summed E-state index contributed by atoms with van der Waals surface area (Å²) < 4.78 is 35.2. The zero-order valence-electron chi connectivity index (χ0n) is 16.8. The Balaban J connectivity index is 1.47. The van der Waals surface area contributed by atoms with Crippen LogP contribution in [0.3, 0.4) is 0 Å². The van der Waals surface area contributed by atoms with Gasteiger partial charge in [-0.2, -0.15) is 0 Å². The first kappa shape index (κ1) is 21.5. The van der Waals surface area contributed by atoms with Gasteiger partial charge in [0, 0.05) is 6.42 Å². The molecule has 1 amide bonds. The van der Waals surface area contributed by atoms with Gasteiger partial charge in [-0.05, 0) is 43.2 Å². The number of anilines is 1. The number of rotatable bonds is 9. The molecule has 0 atom stereocenters. The zero-order chi connectivity index (χ0) is 21.6. The van der Waals surface area contributed by atoms with Gasteiger partial charge in [0.15, 0.2) is 9.84 Å². The van der Waals surface area contributed by atoms with Gasteiger partial charge in [-0.3, -0.25) is 10.1 Å². The normalized spacial score (nSPS) is 11.3. The van der Waals surface area contributed by atoms with Crippen molar-refractivity contribution in [3.8, 4) is 5.75 Å². The number of sulfone groups is 1. The number of carbonyl (C=O) groups excluding carboxylic acids is 1. The van der Waals surface area contributed by atoms with Crippen molar-refractivity contribution in [2.24, 2.45) is 0 Å². The Kier molecular flexibility index (Phi) is 6.83. The molecule has 0 spiro atoms. The molecule has 0 aliphatic carbocycles. The fraction of sp³-hybridized carbons (Fsp3) is 0.286. The molecular formula is C21H23N3O5S. The fourth-order valence-electron chi connectivity index (χ4n) is 2.76. The average molecular weight is 429 g/mol. The number of amides is 1. The van der Waals surface area contributed by atoms with Crippen molar-refractivity contribution in [1.82, 2.24) is 10.2 Å². The molecule has 30 heavy (non-hydrogen) atoms. The van der Waals surface area contributed by atoms with Crippen LogP contribution in [0.25, 0.3) is 0 Å². The summed E-state index contributed by atoms with van der Waals surface area (Å²) in [6, 6.07) is 14.1. The van der Waals surface area contributed by atoms with Crippen molar-refractivity contribution in [1.29, 1.82) is 0 Å². The monoisotopic (exact) mass is 429 g/mol. The Bertz CT molecular complexity index is 1090. The number of nitrogens with zero attached hydrogens (tertiary/aromatic N) is 2. The lowest BCUT2D eigenvalue weighted by Crippen LogP contribution is -2.14. The quantitative estimate of drug-likeness (QED) is 0.556. The highest BCUT2D eigenvalue weighted by molar-refractivity contribution is 7.91. The molecule has 0 unspecified atom stereocenters. The summed E-state index contributed by atoms with van der Waals surface area (Å²) in [5.41, 5.74) is 2.18. The maximum Gasteiger partial charge on any atom is 0.322 e. The lowest BCUT2D eigenvalue weighted by Gasteiger charge is -2.05. The number of hydrogen-bond acceptors (Lipinski definition) is 7. The molecule has 9 heteroatoms. The van der Waals surface area contributed by atoms with Gasteiger partial charge in [0.1, 0.15) is 5.75 Å². The van der Waals surface area contributed by atoms with Crippen LogP contribution in [0.1, 0.15) is 29.9 Å². The van der Waals surface area contributed by atoms with E-state index >= 15 is 0 Å². The molecule has 0 saturated carbocycles. The van der Waals surface area contributed by atoms with E-state index in [1.807, 2.05) is 31.2 Å². The van der Waals surface area contributed by atoms with Crippen LogP contribution in [0.2, 0.25) is 0 Å². The SMILES string of the molecule is COc1ccc(S(=O)(=O)CCCC(=O)Nc2nnc(Cc3ccc(C)cc3)o2)cc1. The fourth-order valence-corrected chi connectivity index (χ4v) is 4.07. The van der Waals surface area contributed by atoms with Crippen LogP contribution in [0.5, 0.6) is 5.75 Å². The number of ether oxygens (including phenoxy) is 1. The van der Waals surface area contributed by atoms with E-state index in [-0.39, 0.29) is 35.4 Å². The molecule has 0 saturated heterocycles. The molecular weight excluding hydrogens is 406 g/mol. The summed E-state index contributed by atoms with van der Waals surface area (Å²) in [6.07, 6.45) is 0.652. The number of benzene rings is 2. The predicted octanol–water partition coefficient (Wildman–Crippen LogP) is 3.17. The first-order chi connectivity index (χ1) is 14.4. The zero-order valence-corrected chi connectivity index (χ0v) is 17.6. The number of carbonyl (C=O) groups is 1. The molecule has 0 aliphatic heterocycles. The summed E-state index contributed by atoms with van der Waals surface area (Å²) in [5, 5.41) is 10.2. The second-order valence-electron chi connectivity index (χ2n) is 6.81. The molecule has 0 bridgehead atoms. The smallest absolute Gasteiger partial charge is 0.322 e. The maximum atomic E-state index is 12.4. The Hall–Kier alpha value is -3.20. The standard InChI is InChI=1S/C21H23N3O5S/c1-15-5-7-16(8-6-15)14-20-23-24-21(29-20)22-19(25)4-3-13-30(26,27)18-11-9-17(28-2)10-12-18/h5-12H,3-4,13-14H2,1-2H3,(H,22,24,25). The highest BCUT2D eigenvalue weighted by Gasteiger charge is 2.16. The van der Waals surface area contributed by atoms with E-state index in [1.165, 1.54) is 19.2 Å². The lowest BCUT2D eigenvalue weighted by molar-refractivity contribution is -0.116. The second kappa shape index (κ2) is 9.53. The highest BCUT2D eigenvalue weighted by Crippen LogP contribution is 2.18. The molecule has 1 aromatic heterocycles. The third-order valence-electron chi connectivity index (χ3n) is 4.42. The first-order valence-corrected chi connectivity index (χ1v) is 11.1. The van der Waals surface area contributed by atoms with Crippen LogP contribution in [-0.4, -0.2) is 37.4 Å². The number of nitrogens with one attached hydrogen (secondary N) is 1. The Morgan fingerprint density at radius 2 is 1.77 bits per heavy atom. The van der Waals surface area contributed by atoms with Crippen LogP contribution in [0.4, 0.5) is 6.01 Å². The van der Waals surface area contributed by atoms with Crippen LogP contribution in [0.15, 0.2) is 57.8 Å². The minimum atomic E-state index is -3.47. The summed E-state index contributed by atoms with van der Waals surface area (Å²) in [5.74, 6) is 0.436. The summed E-state index contributed by atoms with van der Waals surface area (Å²) in [4.78, 5) is 12.3. The van der Waals surface area contributed by atoms with Gasteiger partial charge in [-0.25, -0.2) is 8.42 Å². The van der Waals surface area contributed by atoms with Gasteiger partial charge in [0.25, 0.3) is 0 Å². The second-order valence-corrected chi connectivity index (χ2v) is 8.92. The minimum absolute atomic E-state index is 0.000114. The summed E-state index contributed by atoms with van der Waals surface area (Å²) >= 11 is 0. The Morgan fingerprint density at radius 1 is 1.07 bits per heavy atom. The Morgan fingerprint density at radius 3 is 2.43 bits per heavy atom. The van der Waals surface area contributed by atoms with Crippen LogP contribution in [0, 0.1) is 6.92 Å². The topological polar surface area (TPSA) is 111 Å². The van der Waals surface area contributed by atoms with E-state index in [4.69, 9.17) is 9.15 Å². The molecule has 8 nitrogen and oxygen atoms in total. The molecule has 0 radical (unpaired) electrons. The van der Waals surface area contributed by atoms with Crippen LogP contribution in [-0.2, 0) is 21.1 Å². The van der Waals surface area contributed by atoms with Gasteiger partial charge in [0.2, 0.25) is 11.8 Å². The van der Waals surface area contributed by atoms with E-state index in [2.05, 4.69) is 15.5 Å². The third-order valence-corrected chi connectivity index (χ3v) is 6.24. The third kappa shape index (κ3) is 5.90. The van der Waals surface area contributed by atoms with Gasteiger partial charge in [-0.1, -0.05) is 34.9 Å². The number of aryl methyl sites for hydroxylation is 1. The van der Waals surface area contributed by atoms with E-state index in [0.717, 1.165) is 11.1 Å². The summed E-state index contributed by atoms with van der Waals surface area (Å²) in [7, 11) is -1.96. The van der Waals surface area contributed by atoms with Crippen molar-refractivity contribution >= 4 is 21.8 Å². The molecule has 0 fully saturated rings. The predicted molar refractivity (Wildman–Crippen MR) is 111 cm³/mol. The van der Waals surface area contributed by atoms with Crippen LogP contribution < -0.4 is 10.1 Å². The molecule has 0 aliphatic rings. The van der Waals surface area contributed by atoms with Crippen molar-refractivity contribution in [3.05, 3.63) is 65.5 Å². The van der Waals surface area contributed by atoms with Crippen molar-refractivity contribution in [2.45, 2.75) is 31.1 Å². The van der Waals surface area contributed by atoms with E-state index < -0.39 is 9.84 Å². The number of methoxy groups -OCH3 is 1. The number of hydrogen-bond donors (Lipinski definition) is 1. The average Bonchev–Trinajstić information content (AvgIpc) is 3.16. The van der Waals surface area contributed by atoms with E-state index in [0.29, 0.717) is 18.1 Å². The van der Waals surface area contributed by atoms with Crippen molar-refractivity contribution in [3.63, 3.8) is 0 Å². The van der Waals surface area contributed by atoms with Gasteiger partial charge in [-0.15, -0.1) is 5.10 Å². The molecule has 3 aromatic rings. The van der Waals surface area contributed by atoms with Gasteiger partial charge >= 0.3 is 6.01 Å². The molecule has 2 aromatic carbocycles. The largest absolute Gasteiger partial charge is 0.497 e. The lowest BCUT2D eigenvalue weighted by atomic mass is 10.1.